The van der Waals surface area contributed by atoms with Crippen LogP contribution in [-0.4, -0.2) is 48.6 Å². The van der Waals surface area contributed by atoms with Crippen molar-refractivity contribution in [3.8, 4) is 0 Å². The van der Waals surface area contributed by atoms with E-state index in [1.165, 1.54) is 4.90 Å². The Kier molecular flexibility index (Phi) is 9.43. The van der Waals surface area contributed by atoms with Gasteiger partial charge >= 0.3 is 11.8 Å². The first kappa shape index (κ1) is 15.9. The van der Waals surface area contributed by atoms with Gasteiger partial charge in [-0.05, 0) is 25.7 Å². The minimum atomic E-state index is -0.535. The number of likely N-dealkylation sites (N-methyl/N-ethyl adjacent to an activating group) is 1. The van der Waals surface area contributed by atoms with Gasteiger partial charge in [0.2, 0.25) is 0 Å². The molecule has 0 heterocycles. The van der Waals surface area contributed by atoms with Gasteiger partial charge in [-0.3, -0.25) is 9.59 Å². The summed E-state index contributed by atoms with van der Waals surface area (Å²) in [5.41, 5.74) is 0. The van der Waals surface area contributed by atoms with Crippen LogP contribution in [0.1, 0.15) is 39.0 Å². The Morgan fingerprint density at radius 1 is 1.18 bits per heavy atom. The van der Waals surface area contributed by atoms with Gasteiger partial charge in [-0.2, -0.15) is 0 Å². The van der Waals surface area contributed by atoms with E-state index in [1.54, 1.807) is 7.05 Å². The average Bonchev–Trinajstić information content (AvgIpc) is 2.34. The van der Waals surface area contributed by atoms with E-state index in [1.807, 2.05) is 6.92 Å². The molecule has 0 atom stereocenters. The molecule has 0 saturated carbocycles. The summed E-state index contributed by atoms with van der Waals surface area (Å²) in [6.07, 6.45) is 4.29. The van der Waals surface area contributed by atoms with Crippen molar-refractivity contribution in [2.75, 3.05) is 26.7 Å². The van der Waals surface area contributed by atoms with Gasteiger partial charge in [0.15, 0.2) is 0 Å². The van der Waals surface area contributed by atoms with Crippen LogP contribution in [-0.2, 0) is 9.59 Å². The van der Waals surface area contributed by atoms with Gasteiger partial charge in [0, 0.05) is 26.7 Å². The van der Waals surface area contributed by atoms with Crippen LogP contribution in [0.2, 0.25) is 0 Å². The Balaban J connectivity index is 3.70. The fourth-order valence-electron chi connectivity index (χ4n) is 1.36. The van der Waals surface area contributed by atoms with Gasteiger partial charge in [0.05, 0.1) is 0 Å². The molecule has 0 aromatic carbocycles. The van der Waals surface area contributed by atoms with E-state index in [0.29, 0.717) is 13.1 Å². The van der Waals surface area contributed by atoms with Crippen molar-refractivity contribution in [2.24, 2.45) is 0 Å². The van der Waals surface area contributed by atoms with Gasteiger partial charge in [-0.15, -0.1) is 0 Å². The van der Waals surface area contributed by atoms with Crippen molar-refractivity contribution in [1.82, 2.24) is 10.2 Å². The highest BCUT2D eigenvalue weighted by molar-refractivity contribution is 6.34. The monoisotopic (exact) mass is 244 g/mol. The molecule has 0 saturated heterocycles. The molecule has 17 heavy (non-hydrogen) atoms. The predicted molar refractivity (Wildman–Crippen MR) is 66.5 cm³/mol. The van der Waals surface area contributed by atoms with Crippen molar-refractivity contribution in [2.45, 2.75) is 39.0 Å². The Morgan fingerprint density at radius 3 is 2.47 bits per heavy atom. The largest absolute Gasteiger partial charge is 0.396 e. The highest BCUT2D eigenvalue weighted by Gasteiger charge is 2.16. The molecular formula is C12H24N2O3. The maximum absolute atomic E-state index is 11.5. The van der Waals surface area contributed by atoms with Crippen LogP contribution in [0, 0.1) is 0 Å². The predicted octanol–water partition coefficient (Wildman–Crippen LogP) is 0.524. The van der Waals surface area contributed by atoms with Gasteiger partial charge < -0.3 is 15.3 Å². The second-order valence-electron chi connectivity index (χ2n) is 4.12. The second kappa shape index (κ2) is 10.1. The number of hydrogen-bond donors (Lipinski definition) is 2. The summed E-state index contributed by atoms with van der Waals surface area (Å²) in [6.45, 7) is 3.33. The first-order valence-electron chi connectivity index (χ1n) is 6.27. The van der Waals surface area contributed by atoms with Gasteiger partial charge in [0.25, 0.3) is 0 Å². The number of nitrogens with zero attached hydrogens (tertiary/aromatic N) is 1. The minimum absolute atomic E-state index is 0.173. The Morgan fingerprint density at radius 2 is 1.88 bits per heavy atom. The van der Waals surface area contributed by atoms with E-state index in [0.717, 1.165) is 32.1 Å². The number of carbonyl (C=O) groups is 2. The topological polar surface area (TPSA) is 69.6 Å². The normalized spacial score (nSPS) is 10.1. The van der Waals surface area contributed by atoms with Crippen LogP contribution in [0.4, 0.5) is 0 Å². The number of aliphatic hydroxyl groups excluding tert-OH is 1. The number of hydrogen-bond acceptors (Lipinski definition) is 3. The number of aliphatic hydroxyl groups is 1. The Labute approximate surface area is 103 Å². The van der Waals surface area contributed by atoms with E-state index in [4.69, 9.17) is 5.11 Å². The molecule has 0 aromatic heterocycles. The van der Waals surface area contributed by atoms with Crippen LogP contribution >= 0.6 is 0 Å². The molecule has 0 bridgehead atoms. The van der Waals surface area contributed by atoms with Crippen LogP contribution < -0.4 is 5.32 Å². The average molecular weight is 244 g/mol. The van der Waals surface area contributed by atoms with E-state index < -0.39 is 11.8 Å². The van der Waals surface area contributed by atoms with E-state index in [-0.39, 0.29) is 6.61 Å². The van der Waals surface area contributed by atoms with Crippen molar-refractivity contribution < 1.29 is 14.7 Å². The molecule has 0 rings (SSSR count). The minimum Gasteiger partial charge on any atom is -0.396 e. The standard InChI is InChI=1S/C12H24N2O3/c1-3-4-9-14(2)12(17)11(16)13-8-6-5-7-10-15/h15H,3-10H2,1-2H3,(H,13,16). The number of nitrogens with one attached hydrogen (secondary N) is 1. The third-order valence-corrected chi connectivity index (χ3v) is 2.51. The van der Waals surface area contributed by atoms with Gasteiger partial charge in [-0.1, -0.05) is 13.3 Å². The van der Waals surface area contributed by atoms with Crippen molar-refractivity contribution in [1.29, 1.82) is 0 Å². The summed E-state index contributed by atoms with van der Waals surface area (Å²) in [6, 6.07) is 0. The molecule has 5 nitrogen and oxygen atoms in total. The van der Waals surface area contributed by atoms with Crippen molar-refractivity contribution in [3.05, 3.63) is 0 Å². The third kappa shape index (κ3) is 7.74. The quantitative estimate of drug-likeness (QED) is 0.483. The molecule has 0 fully saturated rings. The highest BCUT2D eigenvalue weighted by Crippen LogP contribution is 1.94. The fraction of sp³-hybridized carbons (Fsp3) is 0.833. The lowest BCUT2D eigenvalue weighted by Crippen LogP contribution is -2.41. The second-order valence-corrected chi connectivity index (χ2v) is 4.12. The smallest absolute Gasteiger partial charge is 0.311 e. The molecule has 0 aromatic rings. The summed E-state index contributed by atoms with van der Waals surface area (Å²) in [4.78, 5) is 24.4. The first-order chi connectivity index (χ1) is 8.13. The summed E-state index contributed by atoms with van der Waals surface area (Å²) >= 11 is 0. The van der Waals surface area contributed by atoms with E-state index >= 15 is 0 Å². The van der Waals surface area contributed by atoms with Crippen molar-refractivity contribution in [3.63, 3.8) is 0 Å². The van der Waals surface area contributed by atoms with Crippen molar-refractivity contribution >= 4 is 11.8 Å². The summed E-state index contributed by atoms with van der Waals surface area (Å²) in [7, 11) is 1.64. The zero-order valence-electron chi connectivity index (χ0n) is 10.9. The van der Waals surface area contributed by atoms with Crippen LogP contribution in [0.3, 0.4) is 0 Å². The molecule has 0 aliphatic carbocycles. The van der Waals surface area contributed by atoms with E-state index in [2.05, 4.69) is 5.32 Å². The fourth-order valence-corrected chi connectivity index (χ4v) is 1.36. The van der Waals surface area contributed by atoms with Crippen LogP contribution in [0.5, 0.6) is 0 Å². The molecule has 0 radical (unpaired) electrons. The summed E-state index contributed by atoms with van der Waals surface area (Å²) in [5.74, 6) is -1.01. The molecule has 0 aliphatic heterocycles. The summed E-state index contributed by atoms with van der Waals surface area (Å²) < 4.78 is 0. The SMILES string of the molecule is CCCCN(C)C(=O)C(=O)NCCCCCO. The molecular weight excluding hydrogens is 220 g/mol. The zero-order valence-corrected chi connectivity index (χ0v) is 10.9. The Bertz CT molecular complexity index is 232. The zero-order chi connectivity index (χ0) is 13.1. The first-order valence-corrected chi connectivity index (χ1v) is 6.27. The lowest BCUT2D eigenvalue weighted by molar-refractivity contribution is -0.145. The lowest BCUT2D eigenvalue weighted by Gasteiger charge is -2.15. The molecule has 0 aliphatic rings. The van der Waals surface area contributed by atoms with Crippen LogP contribution in [0.25, 0.3) is 0 Å². The molecule has 5 heteroatoms. The third-order valence-electron chi connectivity index (χ3n) is 2.51. The van der Waals surface area contributed by atoms with Gasteiger partial charge in [-0.25, -0.2) is 0 Å². The number of unbranched alkanes of at least 4 members (excludes halogenated alkanes) is 3. The molecule has 2 N–H and O–H groups in total. The maximum Gasteiger partial charge on any atom is 0.311 e. The molecule has 0 spiro atoms. The molecule has 2 amide bonds. The van der Waals surface area contributed by atoms with Gasteiger partial charge in [0.1, 0.15) is 0 Å². The number of carbonyl (C=O) groups excluding carboxylic acids is 2. The highest BCUT2D eigenvalue weighted by atomic mass is 16.3. The Hall–Kier alpha value is -1.10. The lowest BCUT2D eigenvalue weighted by atomic mass is 10.2. The van der Waals surface area contributed by atoms with Crippen LogP contribution in [0.15, 0.2) is 0 Å². The number of amides is 2. The molecule has 100 valence electrons. The summed E-state index contributed by atoms with van der Waals surface area (Å²) in [5, 5.41) is 11.2. The number of rotatable bonds is 8. The maximum atomic E-state index is 11.5. The molecule has 0 unspecified atom stereocenters. The van der Waals surface area contributed by atoms with E-state index in [9.17, 15) is 9.59 Å².